The van der Waals surface area contributed by atoms with Crippen molar-refractivity contribution in [3.8, 4) is 11.1 Å². The molecule has 5 heteroatoms. The van der Waals surface area contributed by atoms with E-state index < -0.39 is 8.07 Å². The monoisotopic (exact) mass is 555 g/mol. The third kappa shape index (κ3) is 3.80. The molecule has 2 bridgehead atoms. The first-order chi connectivity index (χ1) is 14.3. The maximum atomic E-state index is 5.78. The van der Waals surface area contributed by atoms with Gasteiger partial charge in [0.25, 0.3) is 0 Å². The molecular weight excluding hydrogens is 531 g/mol. The zero-order valence-corrected chi connectivity index (χ0v) is 24.1. The molecule has 0 amide bonds. The smallest absolute Gasteiger partial charge is 1.00 e. The van der Waals surface area contributed by atoms with E-state index in [4.69, 9.17) is 4.42 Å². The molecule has 1 nitrogen and oxygen atoms in total. The minimum absolute atomic E-state index is 0. The zero-order valence-electron chi connectivity index (χ0n) is 19.1. The Bertz CT molecular complexity index is 1220. The molecule has 2 aliphatic heterocycles. The molecule has 7 rings (SSSR count). The van der Waals surface area contributed by atoms with Gasteiger partial charge in [-0.05, 0) is 25.1 Å². The molecule has 3 aromatic rings. The Labute approximate surface area is 220 Å². The average Bonchev–Trinajstić information content (AvgIpc) is 3.36. The molecule has 0 spiro atoms. The molecule has 2 aromatic carbocycles. The number of allylic oxidation sites excluding steroid dienone is 2. The quantitative estimate of drug-likeness (QED) is 0.415. The van der Waals surface area contributed by atoms with Gasteiger partial charge in [0.15, 0.2) is 0 Å². The Morgan fingerprint density at radius 2 is 1.56 bits per heavy atom. The molecule has 1 aromatic heterocycles. The maximum absolute atomic E-state index is 5.78. The van der Waals surface area contributed by atoms with E-state index in [1.165, 1.54) is 39.2 Å². The number of hydrogen-bond acceptors (Lipinski definition) is 1. The number of rotatable bonds is 1. The number of hydrogen-bond donors (Lipinski definition) is 0. The van der Waals surface area contributed by atoms with Crippen LogP contribution in [0.5, 0.6) is 0 Å². The van der Waals surface area contributed by atoms with E-state index in [-0.39, 0.29) is 24.8 Å². The Kier molecular flexibility index (Phi) is 7.38. The second kappa shape index (κ2) is 9.26. The first-order valence-corrected chi connectivity index (χ1v) is 15.2. The molecule has 0 saturated heterocycles. The molecule has 2 aliphatic carbocycles. The molecule has 0 fully saturated rings. The first kappa shape index (κ1) is 25.5. The average molecular weight is 558 g/mol. The SMILES string of the molecule is CC1=C2c3cc(C)oc3C1[Si]2(C)C.CC1=Cc2c(-c3ccccc3)cccc2[CH]1[Zr+2].[Cl-].[Cl-]. The van der Waals surface area contributed by atoms with Gasteiger partial charge in [0.05, 0.1) is 8.07 Å². The Hall–Kier alpha value is -1.12. The Morgan fingerprint density at radius 1 is 0.875 bits per heavy atom. The molecule has 163 valence electrons. The number of benzene rings is 2. The van der Waals surface area contributed by atoms with Gasteiger partial charge in [-0.25, -0.2) is 0 Å². The van der Waals surface area contributed by atoms with Gasteiger partial charge >= 0.3 is 118 Å². The van der Waals surface area contributed by atoms with Crippen LogP contribution in [0.3, 0.4) is 0 Å². The van der Waals surface area contributed by atoms with E-state index in [2.05, 4.69) is 87.6 Å². The van der Waals surface area contributed by atoms with Gasteiger partial charge in [0, 0.05) is 11.1 Å². The summed E-state index contributed by atoms with van der Waals surface area (Å²) in [5.74, 6) is 2.35. The van der Waals surface area contributed by atoms with Crippen LogP contribution in [0.15, 0.2) is 70.2 Å². The maximum Gasteiger partial charge on any atom is -1.00 e. The van der Waals surface area contributed by atoms with Gasteiger partial charge < -0.3 is 29.2 Å². The second-order valence-corrected chi connectivity index (χ2v) is 15.3. The predicted octanol–water partition coefficient (Wildman–Crippen LogP) is 1.63. The van der Waals surface area contributed by atoms with Crippen LogP contribution >= 0.6 is 0 Å². The number of furan rings is 1. The van der Waals surface area contributed by atoms with Crippen molar-refractivity contribution in [3.63, 3.8) is 0 Å². The molecule has 2 atom stereocenters. The summed E-state index contributed by atoms with van der Waals surface area (Å²) in [6.45, 7) is 11.5. The molecule has 2 unspecified atom stereocenters. The van der Waals surface area contributed by atoms with Crippen LogP contribution in [0.25, 0.3) is 22.4 Å². The summed E-state index contributed by atoms with van der Waals surface area (Å²) in [6.07, 6.45) is 2.36. The fraction of sp³-hybridized carbons (Fsp3) is 0.259. The molecule has 0 saturated carbocycles. The van der Waals surface area contributed by atoms with Crippen LogP contribution < -0.4 is 24.8 Å². The number of fused-ring (bicyclic) bond motifs is 1. The van der Waals surface area contributed by atoms with Gasteiger partial charge in [-0.1, -0.05) is 18.7 Å². The van der Waals surface area contributed by atoms with Crippen LogP contribution in [-0.4, -0.2) is 8.07 Å². The molecule has 0 N–H and O–H groups in total. The van der Waals surface area contributed by atoms with E-state index in [1.807, 2.05) is 6.92 Å². The van der Waals surface area contributed by atoms with Crippen molar-refractivity contribution >= 4 is 19.3 Å². The van der Waals surface area contributed by atoms with Crippen LogP contribution in [0.2, 0.25) is 13.1 Å². The molecule has 32 heavy (non-hydrogen) atoms. The molecule has 3 heterocycles. The van der Waals surface area contributed by atoms with Crippen molar-refractivity contribution in [2.24, 2.45) is 0 Å². The van der Waals surface area contributed by atoms with Gasteiger partial charge in [0.1, 0.15) is 11.5 Å². The summed E-state index contributed by atoms with van der Waals surface area (Å²) in [5.41, 5.74) is 10.8. The molecule has 4 aliphatic rings. The summed E-state index contributed by atoms with van der Waals surface area (Å²) in [5, 5.41) is 1.67. The summed E-state index contributed by atoms with van der Waals surface area (Å²) >= 11 is 1.58. The normalized spacial score (nSPS) is 20.7. The fourth-order valence-corrected chi connectivity index (χ4v) is 10.7. The zero-order chi connectivity index (χ0) is 21.2. The summed E-state index contributed by atoms with van der Waals surface area (Å²) in [6, 6.07) is 19.6. The van der Waals surface area contributed by atoms with Crippen molar-refractivity contribution in [3.05, 3.63) is 94.0 Å². The predicted molar refractivity (Wildman–Crippen MR) is 125 cm³/mol. The van der Waals surface area contributed by atoms with Crippen molar-refractivity contribution in [1.29, 1.82) is 0 Å². The number of aryl methyl sites for hydroxylation is 1. The number of halogens is 2. The summed E-state index contributed by atoms with van der Waals surface area (Å²) in [4.78, 5) is 0. The summed E-state index contributed by atoms with van der Waals surface area (Å²) in [7, 11) is -1.10. The fourth-order valence-electron chi connectivity index (χ4n) is 5.71. The van der Waals surface area contributed by atoms with Gasteiger partial charge in [-0.3, -0.25) is 0 Å². The van der Waals surface area contributed by atoms with E-state index in [0.29, 0.717) is 9.17 Å². The van der Waals surface area contributed by atoms with Crippen LogP contribution in [-0.2, 0) is 24.7 Å². The minimum Gasteiger partial charge on any atom is -1.00 e. The van der Waals surface area contributed by atoms with E-state index in [1.54, 1.807) is 35.5 Å². The van der Waals surface area contributed by atoms with Crippen molar-refractivity contribution in [2.45, 2.75) is 43.0 Å². The third-order valence-electron chi connectivity index (χ3n) is 6.97. The van der Waals surface area contributed by atoms with Gasteiger partial charge in [0.2, 0.25) is 0 Å². The third-order valence-corrected chi connectivity index (χ3v) is 12.9. The topological polar surface area (TPSA) is 13.1 Å². The van der Waals surface area contributed by atoms with E-state index in [9.17, 15) is 0 Å². The molecule has 0 radical (unpaired) electrons. The van der Waals surface area contributed by atoms with Crippen LogP contribution in [0, 0.1) is 6.92 Å². The van der Waals surface area contributed by atoms with E-state index >= 15 is 0 Å². The largest absolute Gasteiger partial charge is 1.00 e. The van der Waals surface area contributed by atoms with Gasteiger partial charge in [-0.2, -0.15) is 0 Å². The Balaban J connectivity index is 0.000000175. The second-order valence-electron chi connectivity index (χ2n) is 9.34. The van der Waals surface area contributed by atoms with Crippen molar-refractivity contribution in [2.75, 3.05) is 0 Å². The van der Waals surface area contributed by atoms with E-state index in [0.717, 1.165) is 5.76 Å². The van der Waals surface area contributed by atoms with Crippen LogP contribution in [0.4, 0.5) is 0 Å². The Morgan fingerprint density at radius 3 is 2.19 bits per heavy atom. The van der Waals surface area contributed by atoms with Crippen LogP contribution in [0.1, 0.15) is 51.2 Å². The standard InChI is InChI=1S/C16H13.C11H14OSi.2ClH.Zr/c1-12-10-14-8-5-9-15(16(14)11-12)13-6-3-2-4-7-13;1-6-5-8-9(12-6)11-7(2)10(8)13(11,3)4;;;/h2-11H,1H3;5,11H,1-4H3;2*1H;/q;;;;+2/p-2. The molecular formula is C27H27Cl2OSiZr. The van der Waals surface area contributed by atoms with Gasteiger partial charge in [-0.15, -0.1) is 0 Å². The summed E-state index contributed by atoms with van der Waals surface area (Å²) < 4.78 is 6.43. The van der Waals surface area contributed by atoms with Crippen molar-refractivity contribution in [1.82, 2.24) is 0 Å². The van der Waals surface area contributed by atoms with Crippen molar-refractivity contribution < 1.29 is 54.0 Å². The minimum atomic E-state index is -1.10. The first-order valence-electron chi connectivity index (χ1n) is 10.7.